The van der Waals surface area contributed by atoms with Gasteiger partial charge >= 0.3 is 0 Å². The molecule has 4 nitrogen and oxygen atoms in total. The van der Waals surface area contributed by atoms with Crippen molar-refractivity contribution in [2.45, 2.75) is 12.8 Å². The van der Waals surface area contributed by atoms with E-state index in [9.17, 15) is 14.7 Å². The van der Waals surface area contributed by atoms with Gasteiger partial charge in [0.2, 0.25) is 5.91 Å². The van der Waals surface area contributed by atoms with Crippen molar-refractivity contribution in [1.29, 1.82) is 0 Å². The van der Waals surface area contributed by atoms with Gasteiger partial charge in [0.25, 0.3) is 0 Å². The number of allylic oxidation sites excluding steroid dienone is 2. The fraction of sp³-hybridized carbons (Fsp3) is 0.222. The molecule has 1 aliphatic rings. The summed E-state index contributed by atoms with van der Waals surface area (Å²) in [5, 5.41) is 16.1. The van der Waals surface area contributed by atoms with Crippen LogP contribution in [0.2, 0.25) is 0 Å². The molecule has 0 spiro atoms. The van der Waals surface area contributed by atoms with Crippen molar-refractivity contribution in [1.82, 2.24) is 0 Å². The van der Waals surface area contributed by atoms with Crippen LogP contribution in [-0.2, 0) is 9.59 Å². The first-order valence-corrected chi connectivity index (χ1v) is 7.30. The second-order valence-electron chi connectivity index (χ2n) is 5.53. The molecule has 1 amide bonds. The minimum absolute atomic E-state index is 0.270. The average Bonchev–Trinajstić information content (AvgIpc) is 2.54. The normalized spacial score (nSPS) is 20.7. The number of carbonyl (C=O) groups excluding carboxylic acids is 2. The van der Waals surface area contributed by atoms with E-state index >= 15 is 0 Å². The number of carbonyl (C=O) groups is 2. The third-order valence-corrected chi connectivity index (χ3v) is 4.09. The van der Waals surface area contributed by atoms with Gasteiger partial charge in [0.1, 0.15) is 0 Å². The molecule has 0 radical (unpaired) electrons. The smallest absolute Gasteiger partial charge is 0.228 e. The van der Waals surface area contributed by atoms with Crippen LogP contribution in [0.1, 0.15) is 12.8 Å². The highest BCUT2D eigenvalue weighted by Crippen LogP contribution is 2.27. The molecule has 0 saturated heterocycles. The number of hydrogen-bond donors (Lipinski definition) is 1. The monoisotopic (exact) mass is 294 g/mol. The lowest BCUT2D eigenvalue weighted by Crippen LogP contribution is -2.41. The number of aliphatic carboxylic acids is 1. The number of nitrogens with one attached hydrogen (secondary N) is 1. The maximum Gasteiger partial charge on any atom is 0.228 e. The minimum Gasteiger partial charge on any atom is -0.550 e. The lowest BCUT2D eigenvalue weighted by Gasteiger charge is -2.28. The van der Waals surface area contributed by atoms with E-state index in [2.05, 4.69) is 5.32 Å². The fourth-order valence-corrected chi connectivity index (χ4v) is 2.87. The second kappa shape index (κ2) is 6.02. The molecule has 2 atom stereocenters. The molecule has 2 unspecified atom stereocenters. The molecule has 0 bridgehead atoms. The fourth-order valence-electron chi connectivity index (χ4n) is 2.87. The van der Waals surface area contributed by atoms with Crippen molar-refractivity contribution in [3.63, 3.8) is 0 Å². The van der Waals surface area contributed by atoms with Crippen molar-refractivity contribution < 1.29 is 14.7 Å². The number of anilines is 1. The zero-order valence-electron chi connectivity index (χ0n) is 12.0. The summed E-state index contributed by atoms with van der Waals surface area (Å²) in [6, 6.07) is 13.5. The van der Waals surface area contributed by atoms with Crippen LogP contribution in [0.25, 0.3) is 10.8 Å². The molecule has 0 aliphatic heterocycles. The van der Waals surface area contributed by atoms with Crippen LogP contribution in [0.3, 0.4) is 0 Å². The summed E-state index contributed by atoms with van der Waals surface area (Å²) in [7, 11) is 0. The third-order valence-electron chi connectivity index (χ3n) is 4.09. The van der Waals surface area contributed by atoms with Crippen LogP contribution in [-0.4, -0.2) is 11.9 Å². The van der Waals surface area contributed by atoms with Gasteiger partial charge in [-0.3, -0.25) is 4.79 Å². The van der Waals surface area contributed by atoms with Crippen LogP contribution in [0.5, 0.6) is 0 Å². The number of carboxylic acid groups (broad SMARTS) is 1. The first-order valence-electron chi connectivity index (χ1n) is 7.30. The van der Waals surface area contributed by atoms with Gasteiger partial charge in [-0.15, -0.1) is 0 Å². The van der Waals surface area contributed by atoms with Gasteiger partial charge in [0, 0.05) is 17.6 Å². The Hall–Kier alpha value is -2.62. The third kappa shape index (κ3) is 2.86. The van der Waals surface area contributed by atoms with E-state index in [1.165, 1.54) is 0 Å². The standard InChI is InChI=1S/C18H17NO3/c20-17(15-7-3-4-8-16(15)18(21)22)19-14-10-9-12-5-1-2-6-13(12)11-14/h1-6,9-11,15-16H,7-8H2,(H,19,20)(H,21,22)/p-1. The van der Waals surface area contributed by atoms with Crippen molar-refractivity contribution in [2.75, 3.05) is 5.32 Å². The summed E-state index contributed by atoms with van der Waals surface area (Å²) in [4.78, 5) is 23.6. The van der Waals surface area contributed by atoms with Crippen molar-refractivity contribution >= 4 is 28.3 Å². The molecule has 0 fully saturated rings. The predicted molar refractivity (Wildman–Crippen MR) is 82.9 cm³/mol. The SMILES string of the molecule is O=C([O-])C1CC=CCC1C(=O)Nc1ccc2ccccc2c1. The Morgan fingerprint density at radius 2 is 1.64 bits per heavy atom. The number of benzene rings is 2. The Morgan fingerprint density at radius 3 is 2.36 bits per heavy atom. The van der Waals surface area contributed by atoms with Gasteiger partial charge in [-0.2, -0.15) is 0 Å². The van der Waals surface area contributed by atoms with Crippen LogP contribution in [0.4, 0.5) is 5.69 Å². The molecule has 0 heterocycles. The summed E-state index contributed by atoms with van der Waals surface area (Å²) in [5.74, 6) is -2.77. The highest BCUT2D eigenvalue weighted by atomic mass is 16.4. The van der Waals surface area contributed by atoms with E-state index in [1.54, 1.807) is 6.08 Å². The summed E-state index contributed by atoms with van der Waals surface area (Å²) in [6.45, 7) is 0. The maximum absolute atomic E-state index is 12.4. The molecular formula is C18H16NO3-. The molecule has 3 rings (SSSR count). The lowest BCUT2D eigenvalue weighted by atomic mass is 9.82. The molecule has 22 heavy (non-hydrogen) atoms. The molecular weight excluding hydrogens is 278 g/mol. The molecule has 2 aromatic carbocycles. The largest absolute Gasteiger partial charge is 0.550 e. The summed E-state index contributed by atoms with van der Waals surface area (Å²) in [6.07, 6.45) is 4.42. The van der Waals surface area contributed by atoms with E-state index in [-0.39, 0.29) is 5.91 Å². The topological polar surface area (TPSA) is 69.2 Å². The minimum atomic E-state index is -1.16. The summed E-state index contributed by atoms with van der Waals surface area (Å²) < 4.78 is 0. The average molecular weight is 294 g/mol. The van der Waals surface area contributed by atoms with E-state index in [4.69, 9.17) is 0 Å². The van der Waals surface area contributed by atoms with Crippen LogP contribution >= 0.6 is 0 Å². The number of amides is 1. The molecule has 0 saturated carbocycles. The van der Waals surface area contributed by atoms with Crippen LogP contribution in [0, 0.1) is 11.8 Å². The first-order chi connectivity index (χ1) is 10.6. The van der Waals surface area contributed by atoms with Crippen molar-refractivity contribution in [3.05, 3.63) is 54.6 Å². The lowest BCUT2D eigenvalue weighted by molar-refractivity contribution is -0.313. The van der Waals surface area contributed by atoms with Gasteiger partial charge in [-0.1, -0.05) is 42.5 Å². The number of rotatable bonds is 3. The number of hydrogen-bond acceptors (Lipinski definition) is 3. The summed E-state index contributed by atoms with van der Waals surface area (Å²) >= 11 is 0. The second-order valence-corrected chi connectivity index (χ2v) is 5.53. The Morgan fingerprint density at radius 1 is 0.955 bits per heavy atom. The Labute approximate surface area is 128 Å². The molecule has 0 aromatic heterocycles. The predicted octanol–water partition coefficient (Wildman–Crippen LogP) is 2.11. The van der Waals surface area contributed by atoms with Crippen LogP contribution in [0.15, 0.2) is 54.6 Å². The molecule has 112 valence electrons. The zero-order chi connectivity index (χ0) is 15.5. The van der Waals surface area contributed by atoms with Crippen molar-refractivity contribution in [3.8, 4) is 0 Å². The summed E-state index contributed by atoms with van der Waals surface area (Å²) in [5.41, 5.74) is 0.676. The van der Waals surface area contributed by atoms with E-state index in [0.29, 0.717) is 18.5 Å². The molecule has 2 aromatic rings. The number of carboxylic acids is 1. The Kier molecular flexibility index (Phi) is 3.92. The number of fused-ring (bicyclic) bond motifs is 1. The van der Waals surface area contributed by atoms with E-state index in [1.807, 2.05) is 48.5 Å². The molecule has 1 aliphatic carbocycles. The van der Waals surface area contributed by atoms with E-state index < -0.39 is 17.8 Å². The zero-order valence-corrected chi connectivity index (χ0v) is 12.0. The highest BCUT2D eigenvalue weighted by Gasteiger charge is 2.29. The molecule has 4 heteroatoms. The highest BCUT2D eigenvalue weighted by molar-refractivity contribution is 5.97. The van der Waals surface area contributed by atoms with Gasteiger partial charge in [-0.25, -0.2) is 0 Å². The van der Waals surface area contributed by atoms with E-state index in [0.717, 1.165) is 10.8 Å². The molecule has 1 N–H and O–H groups in total. The quantitative estimate of drug-likeness (QED) is 0.881. The Bertz CT molecular complexity index is 751. The van der Waals surface area contributed by atoms with Gasteiger partial charge in [-0.05, 0) is 35.7 Å². The maximum atomic E-state index is 12.4. The first kappa shape index (κ1) is 14.3. The van der Waals surface area contributed by atoms with Gasteiger partial charge < -0.3 is 15.2 Å². The van der Waals surface area contributed by atoms with Gasteiger partial charge in [0.05, 0.1) is 5.92 Å². The van der Waals surface area contributed by atoms with Crippen LogP contribution < -0.4 is 10.4 Å². The van der Waals surface area contributed by atoms with Gasteiger partial charge in [0.15, 0.2) is 0 Å². The Balaban J connectivity index is 1.80. The van der Waals surface area contributed by atoms with Crippen molar-refractivity contribution in [2.24, 2.45) is 11.8 Å².